The fourth-order valence-corrected chi connectivity index (χ4v) is 3.28. The van der Waals surface area contributed by atoms with Crippen molar-refractivity contribution < 1.29 is 9.53 Å². The van der Waals surface area contributed by atoms with Gasteiger partial charge in [0, 0.05) is 25.6 Å². The number of hydrogen-bond donors (Lipinski definition) is 0. The number of nitrogens with zero attached hydrogens (tertiary/aromatic N) is 2. The summed E-state index contributed by atoms with van der Waals surface area (Å²) < 4.78 is 5.27. The maximum absolute atomic E-state index is 13.0. The summed E-state index contributed by atoms with van der Waals surface area (Å²) in [4.78, 5) is 19.2. The van der Waals surface area contributed by atoms with Gasteiger partial charge in [-0.3, -0.25) is 9.78 Å². The Labute approximate surface area is 166 Å². The molecule has 1 aromatic heterocycles. The van der Waals surface area contributed by atoms with Gasteiger partial charge in [0.1, 0.15) is 5.75 Å². The molecule has 0 bridgehead atoms. The van der Waals surface area contributed by atoms with Gasteiger partial charge in [-0.1, -0.05) is 48.5 Å². The minimum Gasteiger partial charge on any atom is -0.497 e. The predicted molar refractivity (Wildman–Crippen MR) is 111 cm³/mol. The normalized spacial score (nSPS) is 11.7. The summed E-state index contributed by atoms with van der Waals surface area (Å²) in [6, 6.07) is 22.0. The van der Waals surface area contributed by atoms with Crippen molar-refractivity contribution in [1.29, 1.82) is 0 Å². The van der Waals surface area contributed by atoms with Gasteiger partial charge in [0.05, 0.1) is 19.3 Å². The van der Waals surface area contributed by atoms with Crippen molar-refractivity contribution in [3.05, 3.63) is 95.3 Å². The van der Waals surface area contributed by atoms with Crippen LogP contribution in [0.25, 0.3) is 0 Å². The molecule has 0 N–H and O–H groups in total. The standard InChI is InChI=1S/C24H26N2O2/c1-18-8-7-15-25-23(18)17-26(2)24(27)16-22(19-9-5-4-6-10-19)20-11-13-21(28-3)14-12-20/h4-15,22H,16-17H2,1-3H3. The first-order valence-electron chi connectivity index (χ1n) is 9.42. The molecule has 0 aliphatic rings. The summed E-state index contributed by atoms with van der Waals surface area (Å²) in [6.07, 6.45) is 2.17. The molecule has 0 aliphatic carbocycles. The second-order valence-corrected chi connectivity index (χ2v) is 6.96. The van der Waals surface area contributed by atoms with E-state index >= 15 is 0 Å². The number of carbonyl (C=O) groups is 1. The largest absolute Gasteiger partial charge is 0.497 e. The van der Waals surface area contributed by atoms with E-state index in [4.69, 9.17) is 4.74 Å². The highest BCUT2D eigenvalue weighted by atomic mass is 16.5. The van der Waals surface area contributed by atoms with Crippen molar-refractivity contribution in [2.45, 2.75) is 25.8 Å². The zero-order valence-electron chi connectivity index (χ0n) is 16.6. The lowest BCUT2D eigenvalue weighted by molar-refractivity contribution is -0.130. The van der Waals surface area contributed by atoms with Crippen LogP contribution in [0.2, 0.25) is 0 Å². The number of aryl methyl sites for hydroxylation is 1. The van der Waals surface area contributed by atoms with Crippen LogP contribution < -0.4 is 4.74 Å². The van der Waals surface area contributed by atoms with E-state index in [2.05, 4.69) is 17.1 Å². The fraction of sp³-hybridized carbons (Fsp3) is 0.250. The quantitative estimate of drug-likeness (QED) is 0.608. The van der Waals surface area contributed by atoms with Gasteiger partial charge in [-0.05, 0) is 41.8 Å². The van der Waals surface area contributed by atoms with Gasteiger partial charge in [0.2, 0.25) is 5.91 Å². The fourth-order valence-electron chi connectivity index (χ4n) is 3.28. The lowest BCUT2D eigenvalue weighted by atomic mass is 9.88. The Morgan fingerprint density at radius 3 is 2.32 bits per heavy atom. The molecule has 1 heterocycles. The third-order valence-corrected chi connectivity index (χ3v) is 5.03. The third-order valence-electron chi connectivity index (χ3n) is 5.03. The number of aromatic nitrogens is 1. The predicted octanol–water partition coefficient (Wildman–Crippen LogP) is 4.58. The Morgan fingerprint density at radius 1 is 1.00 bits per heavy atom. The minimum absolute atomic E-state index is 0.00751. The van der Waals surface area contributed by atoms with Gasteiger partial charge >= 0.3 is 0 Å². The van der Waals surface area contributed by atoms with Crippen molar-refractivity contribution in [3.8, 4) is 5.75 Å². The molecule has 28 heavy (non-hydrogen) atoms. The first kappa shape index (κ1) is 19.6. The lowest BCUT2D eigenvalue weighted by Crippen LogP contribution is -2.28. The van der Waals surface area contributed by atoms with Crippen LogP contribution in [0.15, 0.2) is 72.9 Å². The highest BCUT2D eigenvalue weighted by molar-refractivity contribution is 5.77. The molecule has 0 radical (unpaired) electrons. The van der Waals surface area contributed by atoms with Crippen molar-refractivity contribution in [1.82, 2.24) is 9.88 Å². The second kappa shape index (κ2) is 9.18. The summed E-state index contributed by atoms with van der Waals surface area (Å²) in [6.45, 7) is 2.53. The van der Waals surface area contributed by atoms with E-state index in [9.17, 15) is 4.79 Å². The highest BCUT2D eigenvalue weighted by Gasteiger charge is 2.21. The Kier molecular flexibility index (Phi) is 6.43. The monoisotopic (exact) mass is 374 g/mol. The summed E-state index contributed by atoms with van der Waals surface area (Å²) in [7, 11) is 3.49. The van der Waals surface area contributed by atoms with Crippen molar-refractivity contribution in [3.63, 3.8) is 0 Å². The van der Waals surface area contributed by atoms with Crippen LogP contribution in [0.5, 0.6) is 5.75 Å². The molecule has 0 saturated heterocycles. The SMILES string of the molecule is COc1ccc(C(CC(=O)N(C)Cc2ncccc2C)c2ccccc2)cc1. The van der Waals surface area contributed by atoms with Gasteiger partial charge in [0.15, 0.2) is 0 Å². The Hall–Kier alpha value is -3.14. The van der Waals surface area contributed by atoms with E-state index in [0.29, 0.717) is 13.0 Å². The minimum atomic E-state index is -0.00751. The Morgan fingerprint density at radius 2 is 1.68 bits per heavy atom. The Balaban J connectivity index is 1.80. The van der Waals surface area contributed by atoms with Crippen LogP contribution in [-0.2, 0) is 11.3 Å². The molecule has 2 aromatic carbocycles. The molecule has 1 amide bonds. The van der Waals surface area contributed by atoms with E-state index in [0.717, 1.165) is 28.1 Å². The molecule has 0 saturated carbocycles. The molecule has 0 fully saturated rings. The third kappa shape index (κ3) is 4.77. The molecule has 0 spiro atoms. The van der Waals surface area contributed by atoms with Crippen molar-refractivity contribution in [2.24, 2.45) is 0 Å². The van der Waals surface area contributed by atoms with Crippen molar-refractivity contribution >= 4 is 5.91 Å². The number of hydrogen-bond acceptors (Lipinski definition) is 3. The van der Waals surface area contributed by atoms with E-state index < -0.39 is 0 Å². The molecule has 4 nitrogen and oxygen atoms in total. The van der Waals surface area contributed by atoms with Crippen LogP contribution in [0.3, 0.4) is 0 Å². The smallest absolute Gasteiger partial charge is 0.223 e. The van der Waals surface area contributed by atoms with Gasteiger partial charge in [-0.15, -0.1) is 0 Å². The summed E-state index contributed by atoms with van der Waals surface area (Å²) in [5.41, 5.74) is 4.25. The van der Waals surface area contributed by atoms with Crippen LogP contribution in [0.4, 0.5) is 0 Å². The van der Waals surface area contributed by atoms with Gasteiger partial charge < -0.3 is 9.64 Å². The van der Waals surface area contributed by atoms with Crippen LogP contribution >= 0.6 is 0 Å². The number of carbonyl (C=O) groups excluding carboxylic acids is 1. The zero-order valence-corrected chi connectivity index (χ0v) is 16.6. The zero-order chi connectivity index (χ0) is 19.9. The summed E-state index contributed by atoms with van der Waals surface area (Å²) >= 11 is 0. The maximum atomic E-state index is 13.0. The van der Waals surface area contributed by atoms with Gasteiger partial charge in [0.25, 0.3) is 0 Å². The van der Waals surface area contributed by atoms with E-state index in [1.165, 1.54) is 0 Å². The molecular formula is C24H26N2O2. The van der Waals surface area contributed by atoms with E-state index in [1.807, 2.05) is 68.6 Å². The van der Waals surface area contributed by atoms with Gasteiger partial charge in [-0.2, -0.15) is 0 Å². The summed E-state index contributed by atoms with van der Waals surface area (Å²) in [5.74, 6) is 0.895. The number of rotatable bonds is 7. The van der Waals surface area contributed by atoms with Gasteiger partial charge in [-0.25, -0.2) is 0 Å². The molecule has 0 aliphatic heterocycles. The summed E-state index contributed by atoms with van der Waals surface area (Å²) in [5, 5.41) is 0. The molecule has 3 rings (SSSR count). The molecule has 144 valence electrons. The molecule has 1 atom stereocenters. The number of amides is 1. The Bertz CT molecular complexity index is 907. The average molecular weight is 374 g/mol. The second-order valence-electron chi connectivity index (χ2n) is 6.96. The van der Waals surface area contributed by atoms with E-state index in [1.54, 1.807) is 18.2 Å². The van der Waals surface area contributed by atoms with Crippen LogP contribution in [-0.4, -0.2) is 29.9 Å². The molecule has 1 unspecified atom stereocenters. The number of ether oxygens (including phenoxy) is 1. The first-order chi connectivity index (χ1) is 13.6. The number of methoxy groups -OCH3 is 1. The maximum Gasteiger partial charge on any atom is 0.223 e. The first-order valence-corrected chi connectivity index (χ1v) is 9.42. The highest BCUT2D eigenvalue weighted by Crippen LogP contribution is 2.30. The topological polar surface area (TPSA) is 42.4 Å². The van der Waals surface area contributed by atoms with Crippen molar-refractivity contribution in [2.75, 3.05) is 14.2 Å². The molecule has 4 heteroatoms. The molecule has 3 aromatic rings. The molecular weight excluding hydrogens is 348 g/mol. The lowest BCUT2D eigenvalue weighted by Gasteiger charge is -2.23. The van der Waals surface area contributed by atoms with Crippen LogP contribution in [0, 0.1) is 6.92 Å². The van der Waals surface area contributed by atoms with Crippen LogP contribution in [0.1, 0.15) is 34.7 Å². The average Bonchev–Trinajstić information content (AvgIpc) is 2.74. The number of pyridine rings is 1. The number of benzene rings is 2. The van der Waals surface area contributed by atoms with E-state index in [-0.39, 0.29) is 11.8 Å².